The largest absolute Gasteiger partial charge is 0.396 e. The first-order valence-electron chi connectivity index (χ1n) is 9.72. The number of rotatable bonds is 11. The number of halogens is 2. The van der Waals surface area contributed by atoms with Crippen molar-refractivity contribution in [1.82, 2.24) is 4.90 Å². The number of aliphatic hydroxyl groups is 2. The van der Waals surface area contributed by atoms with E-state index in [1.54, 1.807) is 6.08 Å². The van der Waals surface area contributed by atoms with Crippen LogP contribution in [0, 0.1) is 11.6 Å². The molecule has 0 saturated carbocycles. The Bertz CT molecular complexity index is 636. The van der Waals surface area contributed by atoms with Crippen LogP contribution in [-0.4, -0.2) is 46.3 Å². The number of nitrogens with zero attached hydrogens (tertiary/aromatic N) is 1. The Morgan fingerprint density at radius 1 is 1.15 bits per heavy atom. The predicted octanol–water partition coefficient (Wildman–Crippen LogP) is 3.36. The normalized spacial score (nSPS) is 18.6. The Morgan fingerprint density at radius 2 is 1.89 bits per heavy atom. The van der Waals surface area contributed by atoms with Crippen molar-refractivity contribution in [2.24, 2.45) is 0 Å². The zero-order valence-corrected chi connectivity index (χ0v) is 15.6. The van der Waals surface area contributed by atoms with Gasteiger partial charge in [0.25, 0.3) is 0 Å². The summed E-state index contributed by atoms with van der Waals surface area (Å²) >= 11 is 0. The number of amides is 1. The molecule has 1 aliphatic rings. The highest BCUT2D eigenvalue weighted by molar-refractivity contribution is 5.79. The van der Waals surface area contributed by atoms with Crippen LogP contribution in [-0.2, 0) is 11.2 Å². The molecule has 4 nitrogen and oxygen atoms in total. The number of likely N-dealkylation sites (tertiary alicyclic amines) is 1. The number of benzene rings is 1. The first-order chi connectivity index (χ1) is 13.0. The van der Waals surface area contributed by atoms with Crippen LogP contribution in [0.25, 0.3) is 0 Å². The van der Waals surface area contributed by atoms with Crippen LogP contribution in [0.4, 0.5) is 8.78 Å². The fourth-order valence-electron chi connectivity index (χ4n) is 3.40. The maximum atomic E-state index is 13.2. The van der Waals surface area contributed by atoms with Crippen LogP contribution in [0.5, 0.6) is 0 Å². The summed E-state index contributed by atoms with van der Waals surface area (Å²) in [5, 5.41) is 18.9. The van der Waals surface area contributed by atoms with E-state index < -0.39 is 17.7 Å². The molecular weight excluding hydrogens is 352 g/mol. The molecule has 2 atom stereocenters. The van der Waals surface area contributed by atoms with Gasteiger partial charge in [0.05, 0.1) is 12.1 Å². The number of carbonyl (C=O) groups excluding carboxylic acids is 1. The van der Waals surface area contributed by atoms with Crippen molar-refractivity contribution in [3.63, 3.8) is 0 Å². The van der Waals surface area contributed by atoms with Crippen molar-refractivity contribution in [1.29, 1.82) is 0 Å². The standard InChI is InChI=1S/C21H29F2NO3/c22-19-10-6-16(15-20(19)23)14-18(26)9-7-17-8-11-21(27)24(17)12-4-2-1-3-5-13-25/h6-7,9-10,15,17-18,25-26H,1-5,8,11-14H2/b9-7+/t17-,18+/m0/s1. The molecule has 1 amide bonds. The van der Waals surface area contributed by atoms with E-state index in [9.17, 15) is 18.7 Å². The first-order valence-corrected chi connectivity index (χ1v) is 9.72. The van der Waals surface area contributed by atoms with E-state index in [0.717, 1.165) is 50.7 Å². The summed E-state index contributed by atoms with van der Waals surface area (Å²) in [6.45, 7) is 0.927. The molecule has 1 heterocycles. The Balaban J connectivity index is 1.80. The van der Waals surface area contributed by atoms with Crippen molar-refractivity contribution in [3.8, 4) is 0 Å². The van der Waals surface area contributed by atoms with E-state index in [-0.39, 0.29) is 25.0 Å². The molecule has 2 rings (SSSR count). The highest BCUT2D eigenvalue weighted by atomic mass is 19.2. The minimum atomic E-state index is -0.921. The van der Waals surface area contributed by atoms with Crippen LogP contribution >= 0.6 is 0 Å². The summed E-state index contributed by atoms with van der Waals surface area (Å²) in [4.78, 5) is 13.9. The molecule has 0 bridgehead atoms. The van der Waals surface area contributed by atoms with Gasteiger partial charge in [-0.2, -0.15) is 0 Å². The molecular formula is C21H29F2NO3. The van der Waals surface area contributed by atoms with Crippen LogP contribution < -0.4 is 0 Å². The fourth-order valence-corrected chi connectivity index (χ4v) is 3.40. The van der Waals surface area contributed by atoms with Crippen molar-refractivity contribution in [2.45, 2.75) is 63.5 Å². The molecule has 1 fully saturated rings. The summed E-state index contributed by atoms with van der Waals surface area (Å²) in [6.07, 6.45) is 8.95. The van der Waals surface area contributed by atoms with Crippen molar-refractivity contribution in [2.75, 3.05) is 13.2 Å². The molecule has 0 spiro atoms. The molecule has 0 unspecified atom stereocenters. The third-order valence-corrected chi connectivity index (χ3v) is 4.92. The highest BCUT2D eigenvalue weighted by Gasteiger charge is 2.28. The van der Waals surface area contributed by atoms with E-state index in [2.05, 4.69) is 0 Å². The number of hydrogen-bond acceptors (Lipinski definition) is 3. The van der Waals surface area contributed by atoms with Gasteiger partial charge in [-0.05, 0) is 37.0 Å². The second-order valence-corrected chi connectivity index (χ2v) is 7.09. The van der Waals surface area contributed by atoms with E-state index >= 15 is 0 Å². The highest BCUT2D eigenvalue weighted by Crippen LogP contribution is 2.21. The number of hydrogen-bond donors (Lipinski definition) is 2. The molecule has 1 saturated heterocycles. The van der Waals surface area contributed by atoms with Crippen LogP contribution in [0.15, 0.2) is 30.4 Å². The molecule has 0 aliphatic carbocycles. The Morgan fingerprint density at radius 3 is 2.63 bits per heavy atom. The van der Waals surface area contributed by atoms with Gasteiger partial charge in [-0.1, -0.05) is 37.5 Å². The first kappa shape index (κ1) is 21.5. The fraction of sp³-hybridized carbons (Fsp3) is 0.571. The third kappa shape index (κ3) is 7.03. The van der Waals surface area contributed by atoms with Gasteiger partial charge in [0.1, 0.15) is 0 Å². The van der Waals surface area contributed by atoms with E-state index in [4.69, 9.17) is 5.11 Å². The van der Waals surface area contributed by atoms with Gasteiger partial charge in [-0.3, -0.25) is 4.79 Å². The Labute approximate surface area is 159 Å². The monoisotopic (exact) mass is 381 g/mol. The number of carbonyl (C=O) groups is 1. The number of unbranched alkanes of at least 4 members (excludes halogenated alkanes) is 4. The Hall–Kier alpha value is -1.79. The van der Waals surface area contributed by atoms with Gasteiger partial charge >= 0.3 is 0 Å². The van der Waals surface area contributed by atoms with Crippen LogP contribution in [0.3, 0.4) is 0 Å². The van der Waals surface area contributed by atoms with Gasteiger partial charge in [0.2, 0.25) is 5.91 Å². The average Bonchev–Trinajstić information content (AvgIpc) is 2.99. The van der Waals surface area contributed by atoms with Gasteiger partial charge in [-0.25, -0.2) is 8.78 Å². The topological polar surface area (TPSA) is 60.8 Å². The van der Waals surface area contributed by atoms with Gasteiger partial charge in [-0.15, -0.1) is 0 Å². The minimum Gasteiger partial charge on any atom is -0.396 e. The SMILES string of the molecule is O=C1CC[C@H](/C=C/[C@@H](O)Cc2ccc(F)c(F)c2)N1CCCCCCCO. The zero-order chi connectivity index (χ0) is 19.6. The summed E-state index contributed by atoms with van der Waals surface area (Å²) in [5.74, 6) is -1.69. The second kappa shape index (κ2) is 11.1. The third-order valence-electron chi connectivity index (χ3n) is 4.92. The lowest BCUT2D eigenvalue weighted by atomic mass is 10.1. The maximum absolute atomic E-state index is 13.2. The van der Waals surface area contributed by atoms with Gasteiger partial charge in [0, 0.05) is 26.0 Å². The van der Waals surface area contributed by atoms with Gasteiger partial charge < -0.3 is 15.1 Å². The molecule has 1 aromatic rings. The van der Waals surface area contributed by atoms with E-state index in [1.807, 2.05) is 11.0 Å². The van der Waals surface area contributed by atoms with Crippen molar-refractivity contribution in [3.05, 3.63) is 47.5 Å². The number of aliphatic hydroxyl groups excluding tert-OH is 2. The molecule has 1 aliphatic heterocycles. The molecule has 1 aromatic carbocycles. The Kier molecular flexibility index (Phi) is 8.88. The van der Waals surface area contributed by atoms with E-state index in [0.29, 0.717) is 18.5 Å². The van der Waals surface area contributed by atoms with Crippen molar-refractivity contribution >= 4 is 5.91 Å². The summed E-state index contributed by atoms with van der Waals surface area (Å²) < 4.78 is 26.2. The molecule has 0 aromatic heterocycles. The summed E-state index contributed by atoms with van der Waals surface area (Å²) in [6, 6.07) is 3.58. The molecule has 150 valence electrons. The minimum absolute atomic E-state index is 0.0189. The maximum Gasteiger partial charge on any atom is 0.223 e. The quantitative estimate of drug-likeness (QED) is 0.456. The smallest absolute Gasteiger partial charge is 0.223 e. The summed E-state index contributed by atoms with van der Waals surface area (Å²) in [5.41, 5.74) is 0.522. The molecule has 6 heteroatoms. The lowest BCUT2D eigenvalue weighted by Crippen LogP contribution is -2.32. The lowest BCUT2D eigenvalue weighted by Gasteiger charge is -2.22. The molecule has 0 radical (unpaired) electrons. The van der Waals surface area contributed by atoms with Crippen LogP contribution in [0.1, 0.15) is 50.5 Å². The van der Waals surface area contributed by atoms with E-state index in [1.165, 1.54) is 6.07 Å². The average molecular weight is 381 g/mol. The summed E-state index contributed by atoms with van der Waals surface area (Å²) in [7, 11) is 0. The van der Waals surface area contributed by atoms with Crippen LogP contribution in [0.2, 0.25) is 0 Å². The molecule has 27 heavy (non-hydrogen) atoms. The van der Waals surface area contributed by atoms with Crippen molar-refractivity contribution < 1.29 is 23.8 Å². The predicted molar refractivity (Wildman–Crippen MR) is 100 cm³/mol. The lowest BCUT2D eigenvalue weighted by molar-refractivity contribution is -0.128. The van der Waals surface area contributed by atoms with Gasteiger partial charge in [0.15, 0.2) is 11.6 Å². The zero-order valence-electron chi connectivity index (χ0n) is 15.6. The molecule has 2 N–H and O–H groups in total. The second-order valence-electron chi connectivity index (χ2n) is 7.09.